The number of phenols is 2. The van der Waals surface area contributed by atoms with Crippen LogP contribution in [0.3, 0.4) is 0 Å². The van der Waals surface area contributed by atoms with Gasteiger partial charge in [-0.05, 0) is 48.4 Å². The van der Waals surface area contributed by atoms with Gasteiger partial charge in [0.05, 0.1) is 0 Å². The van der Waals surface area contributed by atoms with Crippen LogP contribution in [0.25, 0.3) is 11.1 Å². The molecule has 0 aliphatic carbocycles. The number of aryl methyl sites for hydroxylation is 1. The fourth-order valence-electron chi connectivity index (χ4n) is 1.65. The first-order valence-corrected chi connectivity index (χ1v) is 5.23. The Bertz CT molecular complexity index is 515. The molecule has 0 saturated carbocycles. The zero-order chi connectivity index (χ0) is 11.7. The number of hydrogen-bond donors (Lipinski definition) is 2. The molecule has 0 aromatic heterocycles. The summed E-state index contributed by atoms with van der Waals surface area (Å²) in [5, 5.41) is 19.5. The van der Waals surface area contributed by atoms with Crippen molar-refractivity contribution in [3.63, 3.8) is 0 Å². The predicted octanol–water partition coefficient (Wildman–Crippen LogP) is 3.73. The first kappa shape index (κ1) is 10.8. The third-order valence-corrected chi connectivity index (χ3v) is 2.65. The Balaban J connectivity index is 2.62. The quantitative estimate of drug-likeness (QED) is 0.789. The number of benzene rings is 2. The summed E-state index contributed by atoms with van der Waals surface area (Å²) in [6.45, 7) is 1.89. The van der Waals surface area contributed by atoms with E-state index in [1.807, 2.05) is 13.0 Å². The van der Waals surface area contributed by atoms with Crippen molar-refractivity contribution in [1.82, 2.24) is 0 Å². The molecule has 0 saturated heterocycles. The van der Waals surface area contributed by atoms with E-state index in [0.717, 1.165) is 11.1 Å². The van der Waals surface area contributed by atoms with Crippen molar-refractivity contribution >= 4 is 11.6 Å². The lowest BCUT2D eigenvalue weighted by Gasteiger charge is -2.07. The second-order valence-electron chi connectivity index (χ2n) is 3.72. The first-order chi connectivity index (χ1) is 7.56. The average Bonchev–Trinajstić information content (AvgIpc) is 2.20. The van der Waals surface area contributed by atoms with E-state index in [2.05, 4.69) is 0 Å². The largest absolute Gasteiger partial charge is 0.508 e. The van der Waals surface area contributed by atoms with Crippen LogP contribution in [0, 0.1) is 6.92 Å². The maximum absolute atomic E-state index is 9.51. The summed E-state index contributed by atoms with van der Waals surface area (Å²) in [6, 6.07) is 9.93. The van der Waals surface area contributed by atoms with E-state index in [4.69, 9.17) is 11.6 Å². The van der Waals surface area contributed by atoms with Gasteiger partial charge in [-0.1, -0.05) is 17.7 Å². The SMILES string of the molecule is Cc1cc(O)cc(-c2cc(O)ccc2Cl)c1. The topological polar surface area (TPSA) is 40.5 Å². The number of aromatic hydroxyl groups is 2. The summed E-state index contributed by atoms with van der Waals surface area (Å²) in [7, 11) is 0. The molecule has 0 aliphatic rings. The van der Waals surface area contributed by atoms with Gasteiger partial charge in [0.15, 0.2) is 0 Å². The zero-order valence-electron chi connectivity index (χ0n) is 8.74. The number of halogens is 1. The number of phenolic OH excluding ortho intramolecular Hbond substituents is 2. The summed E-state index contributed by atoms with van der Waals surface area (Å²) in [4.78, 5) is 0. The Morgan fingerprint density at radius 2 is 1.69 bits per heavy atom. The monoisotopic (exact) mass is 234 g/mol. The molecule has 0 aliphatic heterocycles. The molecule has 16 heavy (non-hydrogen) atoms. The molecule has 0 heterocycles. The molecule has 2 rings (SSSR count). The van der Waals surface area contributed by atoms with Gasteiger partial charge in [-0.2, -0.15) is 0 Å². The van der Waals surface area contributed by atoms with Gasteiger partial charge in [-0.15, -0.1) is 0 Å². The Labute approximate surface area is 98.7 Å². The second-order valence-corrected chi connectivity index (χ2v) is 4.13. The van der Waals surface area contributed by atoms with Crippen molar-refractivity contribution in [3.05, 3.63) is 47.0 Å². The van der Waals surface area contributed by atoms with E-state index in [0.29, 0.717) is 10.6 Å². The number of hydrogen-bond acceptors (Lipinski definition) is 2. The minimum Gasteiger partial charge on any atom is -0.508 e. The Morgan fingerprint density at radius 3 is 2.38 bits per heavy atom. The maximum atomic E-state index is 9.51. The molecule has 2 aromatic carbocycles. The van der Waals surface area contributed by atoms with E-state index >= 15 is 0 Å². The van der Waals surface area contributed by atoms with Gasteiger partial charge in [-0.3, -0.25) is 0 Å². The molecule has 0 atom stereocenters. The molecule has 0 radical (unpaired) electrons. The Hall–Kier alpha value is -1.67. The molecule has 2 N–H and O–H groups in total. The molecular weight excluding hydrogens is 224 g/mol. The van der Waals surface area contributed by atoms with Crippen LogP contribution in [0.4, 0.5) is 0 Å². The van der Waals surface area contributed by atoms with Crippen LogP contribution >= 0.6 is 11.6 Å². The van der Waals surface area contributed by atoms with Gasteiger partial charge in [0.25, 0.3) is 0 Å². The van der Waals surface area contributed by atoms with E-state index in [9.17, 15) is 10.2 Å². The zero-order valence-corrected chi connectivity index (χ0v) is 9.49. The highest BCUT2D eigenvalue weighted by atomic mass is 35.5. The average molecular weight is 235 g/mol. The van der Waals surface area contributed by atoms with Crippen LogP contribution in [0.1, 0.15) is 5.56 Å². The molecule has 0 amide bonds. The van der Waals surface area contributed by atoms with Gasteiger partial charge >= 0.3 is 0 Å². The smallest absolute Gasteiger partial charge is 0.116 e. The van der Waals surface area contributed by atoms with E-state index in [-0.39, 0.29) is 11.5 Å². The van der Waals surface area contributed by atoms with Gasteiger partial charge < -0.3 is 10.2 Å². The van der Waals surface area contributed by atoms with Crippen molar-refractivity contribution in [2.75, 3.05) is 0 Å². The van der Waals surface area contributed by atoms with Crippen molar-refractivity contribution in [2.24, 2.45) is 0 Å². The molecule has 0 fully saturated rings. The molecule has 3 heteroatoms. The third-order valence-electron chi connectivity index (χ3n) is 2.32. The summed E-state index contributed by atoms with van der Waals surface area (Å²) in [6.07, 6.45) is 0. The minimum absolute atomic E-state index is 0.153. The van der Waals surface area contributed by atoms with Crippen LogP contribution in [0.5, 0.6) is 11.5 Å². The normalized spacial score (nSPS) is 10.4. The Kier molecular flexibility index (Phi) is 2.75. The summed E-state index contributed by atoms with van der Waals surface area (Å²) in [5.41, 5.74) is 2.44. The standard InChI is InChI=1S/C13H11ClO2/c1-8-4-9(6-11(16)5-8)12-7-10(15)2-3-13(12)14/h2-7,15-16H,1H3. The molecule has 2 nitrogen and oxygen atoms in total. The van der Waals surface area contributed by atoms with E-state index in [1.54, 1.807) is 24.3 Å². The lowest BCUT2D eigenvalue weighted by molar-refractivity contribution is 0.474. The highest BCUT2D eigenvalue weighted by molar-refractivity contribution is 6.33. The van der Waals surface area contributed by atoms with E-state index in [1.165, 1.54) is 6.07 Å². The summed E-state index contributed by atoms with van der Waals surface area (Å²) in [5.74, 6) is 0.342. The molecule has 0 spiro atoms. The lowest BCUT2D eigenvalue weighted by atomic mass is 10.0. The van der Waals surface area contributed by atoms with Gasteiger partial charge in [0.2, 0.25) is 0 Å². The summed E-state index contributed by atoms with van der Waals surface area (Å²) >= 11 is 6.04. The van der Waals surface area contributed by atoms with Crippen LogP contribution < -0.4 is 0 Å². The fourth-order valence-corrected chi connectivity index (χ4v) is 1.88. The lowest BCUT2D eigenvalue weighted by Crippen LogP contribution is -1.82. The van der Waals surface area contributed by atoms with Gasteiger partial charge in [-0.25, -0.2) is 0 Å². The highest BCUT2D eigenvalue weighted by Crippen LogP contribution is 2.33. The predicted molar refractivity (Wildman–Crippen MR) is 65.0 cm³/mol. The number of rotatable bonds is 1. The van der Waals surface area contributed by atoms with Crippen molar-refractivity contribution in [1.29, 1.82) is 0 Å². The van der Waals surface area contributed by atoms with Crippen LogP contribution in [0.2, 0.25) is 5.02 Å². The molecule has 0 bridgehead atoms. The van der Waals surface area contributed by atoms with Crippen molar-refractivity contribution < 1.29 is 10.2 Å². The fraction of sp³-hybridized carbons (Fsp3) is 0.0769. The minimum atomic E-state index is 0.153. The Morgan fingerprint density at radius 1 is 0.938 bits per heavy atom. The van der Waals surface area contributed by atoms with E-state index < -0.39 is 0 Å². The van der Waals surface area contributed by atoms with Crippen molar-refractivity contribution in [2.45, 2.75) is 6.92 Å². The highest BCUT2D eigenvalue weighted by Gasteiger charge is 2.06. The molecule has 82 valence electrons. The van der Waals surface area contributed by atoms with Crippen LogP contribution in [-0.2, 0) is 0 Å². The van der Waals surface area contributed by atoms with Crippen LogP contribution in [0.15, 0.2) is 36.4 Å². The van der Waals surface area contributed by atoms with Gasteiger partial charge in [0.1, 0.15) is 11.5 Å². The summed E-state index contributed by atoms with van der Waals surface area (Å²) < 4.78 is 0. The van der Waals surface area contributed by atoms with Crippen molar-refractivity contribution in [3.8, 4) is 22.6 Å². The maximum Gasteiger partial charge on any atom is 0.116 e. The molecule has 0 unspecified atom stereocenters. The van der Waals surface area contributed by atoms with Crippen LogP contribution in [-0.4, -0.2) is 10.2 Å². The molecule has 2 aromatic rings. The second kappa shape index (κ2) is 4.06. The molecular formula is C13H11ClO2. The first-order valence-electron chi connectivity index (χ1n) is 4.86. The van der Waals surface area contributed by atoms with Gasteiger partial charge in [0, 0.05) is 10.6 Å². The third kappa shape index (κ3) is 2.12.